The van der Waals surface area contributed by atoms with Crippen molar-refractivity contribution in [1.82, 2.24) is 4.98 Å². The number of carbonyl (C=O) groups is 1. The van der Waals surface area contributed by atoms with Crippen LogP contribution in [0.3, 0.4) is 0 Å². The molecule has 0 aliphatic carbocycles. The number of benzene rings is 3. The third-order valence-corrected chi connectivity index (χ3v) is 5.64. The summed E-state index contributed by atoms with van der Waals surface area (Å²) >= 11 is 0. The van der Waals surface area contributed by atoms with Crippen LogP contribution in [0.1, 0.15) is 56.5 Å². The van der Waals surface area contributed by atoms with Gasteiger partial charge in [0.05, 0.1) is 19.8 Å². The minimum atomic E-state index is -0.299. The summed E-state index contributed by atoms with van der Waals surface area (Å²) in [6.45, 7) is 11.3. The quantitative estimate of drug-likeness (QED) is 0.257. The van der Waals surface area contributed by atoms with E-state index in [0.717, 1.165) is 5.56 Å². The molecule has 0 aliphatic rings. The fourth-order valence-electron chi connectivity index (χ4n) is 3.86. The Kier molecular flexibility index (Phi) is 7.78. The molecular formula is C29H32N2O5. The Hall–Kier alpha value is -4.00. The standard InChI is InChI=1S/C29H32N2O5/c1-6-33-25-15-21(16-26(34-7-2)27(25)35-8-3)28(32)30-22-13-14-24-23(17-22)31-29(36-24)20-11-9-19(10-12-20)18(4)5/h9-18H,6-8H2,1-5H3,(H,30,32). The second-order valence-corrected chi connectivity index (χ2v) is 8.53. The molecule has 0 unspecified atom stereocenters. The van der Waals surface area contributed by atoms with Gasteiger partial charge in [-0.3, -0.25) is 4.79 Å². The van der Waals surface area contributed by atoms with Gasteiger partial charge in [-0.2, -0.15) is 0 Å². The number of rotatable bonds is 10. The molecule has 7 nitrogen and oxygen atoms in total. The number of ether oxygens (including phenoxy) is 3. The number of carbonyl (C=O) groups excluding carboxylic acids is 1. The summed E-state index contributed by atoms with van der Waals surface area (Å²) in [5.74, 6) is 2.13. The number of amides is 1. The van der Waals surface area contributed by atoms with E-state index in [1.165, 1.54) is 5.56 Å². The lowest BCUT2D eigenvalue weighted by Gasteiger charge is -2.17. The zero-order valence-electron chi connectivity index (χ0n) is 21.4. The number of hydrogen-bond acceptors (Lipinski definition) is 6. The molecule has 0 fully saturated rings. The molecule has 1 heterocycles. The number of oxazole rings is 1. The highest BCUT2D eigenvalue weighted by Gasteiger charge is 2.19. The fourth-order valence-corrected chi connectivity index (χ4v) is 3.86. The first-order chi connectivity index (χ1) is 17.4. The van der Waals surface area contributed by atoms with Gasteiger partial charge in [-0.05, 0) is 74.7 Å². The van der Waals surface area contributed by atoms with Crippen LogP contribution in [0.5, 0.6) is 17.2 Å². The van der Waals surface area contributed by atoms with E-state index < -0.39 is 0 Å². The van der Waals surface area contributed by atoms with Crippen molar-refractivity contribution >= 4 is 22.7 Å². The van der Waals surface area contributed by atoms with Gasteiger partial charge in [-0.15, -0.1) is 0 Å². The van der Waals surface area contributed by atoms with Gasteiger partial charge in [0.25, 0.3) is 5.91 Å². The van der Waals surface area contributed by atoms with Gasteiger partial charge in [0, 0.05) is 16.8 Å². The van der Waals surface area contributed by atoms with Gasteiger partial charge < -0.3 is 23.9 Å². The van der Waals surface area contributed by atoms with E-state index in [1.807, 2.05) is 32.9 Å². The first-order valence-electron chi connectivity index (χ1n) is 12.3. The van der Waals surface area contributed by atoms with E-state index in [1.54, 1.807) is 30.3 Å². The molecule has 0 radical (unpaired) electrons. The number of anilines is 1. The van der Waals surface area contributed by atoms with Gasteiger partial charge in [0.1, 0.15) is 5.52 Å². The first-order valence-corrected chi connectivity index (χ1v) is 12.3. The van der Waals surface area contributed by atoms with Crippen molar-refractivity contribution in [1.29, 1.82) is 0 Å². The highest BCUT2D eigenvalue weighted by Crippen LogP contribution is 2.39. The lowest BCUT2D eigenvalue weighted by molar-refractivity contribution is 0.102. The normalized spacial score (nSPS) is 11.1. The van der Waals surface area contributed by atoms with Crippen LogP contribution in [-0.2, 0) is 0 Å². The van der Waals surface area contributed by atoms with Gasteiger partial charge in [-0.25, -0.2) is 4.98 Å². The topological polar surface area (TPSA) is 82.8 Å². The van der Waals surface area contributed by atoms with Gasteiger partial charge in [0.15, 0.2) is 17.1 Å². The van der Waals surface area contributed by atoms with Crippen molar-refractivity contribution in [3.63, 3.8) is 0 Å². The number of hydrogen-bond donors (Lipinski definition) is 1. The second-order valence-electron chi connectivity index (χ2n) is 8.53. The highest BCUT2D eigenvalue weighted by molar-refractivity contribution is 6.05. The molecule has 4 aromatic rings. The van der Waals surface area contributed by atoms with Crippen LogP contribution >= 0.6 is 0 Å². The van der Waals surface area contributed by atoms with Crippen LogP contribution < -0.4 is 19.5 Å². The van der Waals surface area contributed by atoms with Crippen LogP contribution in [-0.4, -0.2) is 30.7 Å². The SMILES string of the molecule is CCOc1cc(C(=O)Nc2ccc3oc(-c4ccc(C(C)C)cc4)nc3c2)cc(OCC)c1OCC. The zero-order valence-corrected chi connectivity index (χ0v) is 21.4. The van der Waals surface area contributed by atoms with E-state index in [4.69, 9.17) is 18.6 Å². The van der Waals surface area contributed by atoms with Gasteiger partial charge >= 0.3 is 0 Å². The predicted octanol–water partition coefficient (Wildman–Crippen LogP) is 7.07. The molecule has 0 atom stereocenters. The summed E-state index contributed by atoms with van der Waals surface area (Å²) in [5.41, 5.74) is 4.47. The van der Waals surface area contributed by atoms with Gasteiger partial charge in [-0.1, -0.05) is 26.0 Å². The summed E-state index contributed by atoms with van der Waals surface area (Å²) in [5, 5.41) is 2.94. The van der Waals surface area contributed by atoms with E-state index in [-0.39, 0.29) is 5.91 Å². The Bertz CT molecular complexity index is 1310. The number of aromatic nitrogens is 1. The van der Waals surface area contributed by atoms with Crippen LogP contribution in [0.25, 0.3) is 22.6 Å². The molecule has 0 bridgehead atoms. The highest BCUT2D eigenvalue weighted by atomic mass is 16.5. The third kappa shape index (κ3) is 5.46. The zero-order chi connectivity index (χ0) is 25.7. The first kappa shape index (κ1) is 25.1. The van der Waals surface area contributed by atoms with Crippen LogP contribution in [0.15, 0.2) is 59.0 Å². The lowest BCUT2D eigenvalue weighted by Crippen LogP contribution is -2.13. The third-order valence-electron chi connectivity index (χ3n) is 5.64. The number of nitrogens with one attached hydrogen (secondary N) is 1. The van der Waals surface area contributed by atoms with Crippen LogP contribution in [0.4, 0.5) is 5.69 Å². The largest absolute Gasteiger partial charge is 0.490 e. The molecular weight excluding hydrogens is 456 g/mol. The summed E-state index contributed by atoms with van der Waals surface area (Å²) in [6, 6.07) is 16.9. The summed E-state index contributed by atoms with van der Waals surface area (Å²) in [4.78, 5) is 17.8. The fraction of sp³-hybridized carbons (Fsp3) is 0.310. The van der Waals surface area contributed by atoms with Crippen molar-refractivity contribution in [3.8, 4) is 28.7 Å². The maximum absolute atomic E-state index is 13.1. The van der Waals surface area contributed by atoms with Crippen LogP contribution in [0.2, 0.25) is 0 Å². The Morgan fingerprint density at radius 3 is 2.11 bits per heavy atom. The average Bonchev–Trinajstić information content (AvgIpc) is 3.29. The molecule has 1 aromatic heterocycles. The summed E-state index contributed by atoms with van der Waals surface area (Å²) in [7, 11) is 0. The van der Waals surface area contributed by atoms with Crippen molar-refractivity contribution in [2.24, 2.45) is 0 Å². The Labute approximate surface area is 211 Å². The lowest BCUT2D eigenvalue weighted by atomic mass is 10.0. The summed E-state index contributed by atoms with van der Waals surface area (Å²) < 4.78 is 23.1. The number of fused-ring (bicyclic) bond motifs is 1. The minimum absolute atomic E-state index is 0.299. The summed E-state index contributed by atoms with van der Waals surface area (Å²) in [6.07, 6.45) is 0. The van der Waals surface area contributed by atoms with Crippen molar-refractivity contribution in [3.05, 3.63) is 65.7 Å². The molecule has 0 saturated carbocycles. The van der Waals surface area contributed by atoms with E-state index in [0.29, 0.717) is 71.2 Å². The average molecular weight is 489 g/mol. The molecule has 0 spiro atoms. The molecule has 1 amide bonds. The second kappa shape index (κ2) is 11.2. The Balaban J connectivity index is 1.59. The minimum Gasteiger partial charge on any atom is -0.490 e. The Morgan fingerprint density at radius 2 is 1.53 bits per heavy atom. The Morgan fingerprint density at radius 1 is 0.889 bits per heavy atom. The van der Waals surface area contributed by atoms with Crippen molar-refractivity contribution < 1.29 is 23.4 Å². The van der Waals surface area contributed by atoms with Crippen LogP contribution in [0, 0.1) is 0 Å². The number of nitrogens with zero attached hydrogens (tertiary/aromatic N) is 1. The maximum Gasteiger partial charge on any atom is 0.255 e. The molecule has 7 heteroatoms. The van der Waals surface area contributed by atoms with Crippen molar-refractivity contribution in [2.45, 2.75) is 40.5 Å². The van der Waals surface area contributed by atoms with E-state index in [9.17, 15) is 4.79 Å². The van der Waals surface area contributed by atoms with E-state index >= 15 is 0 Å². The molecule has 3 aromatic carbocycles. The van der Waals surface area contributed by atoms with Gasteiger partial charge in [0.2, 0.25) is 11.6 Å². The molecule has 4 rings (SSSR count). The smallest absolute Gasteiger partial charge is 0.255 e. The van der Waals surface area contributed by atoms with E-state index in [2.05, 4.69) is 36.3 Å². The predicted molar refractivity (Wildman–Crippen MR) is 141 cm³/mol. The maximum atomic E-state index is 13.1. The molecule has 1 N–H and O–H groups in total. The molecule has 36 heavy (non-hydrogen) atoms. The molecule has 0 aliphatic heterocycles. The monoisotopic (exact) mass is 488 g/mol. The molecule has 188 valence electrons. The van der Waals surface area contributed by atoms with Crippen molar-refractivity contribution in [2.75, 3.05) is 25.1 Å². The molecule has 0 saturated heterocycles.